The van der Waals surface area contributed by atoms with E-state index in [9.17, 15) is 13.0 Å². The van der Waals surface area contributed by atoms with E-state index < -0.39 is 27.5 Å². The van der Waals surface area contributed by atoms with Gasteiger partial charge in [-0.25, -0.2) is 13.0 Å². The van der Waals surface area contributed by atoms with E-state index in [1.165, 1.54) is 12.1 Å². The third-order valence-corrected chi connectivity index (χ3v) is 3.12. The van der Waals surface area contributed by atoms with Crippen LogP contribution in [-0.4, -0.2) is 18.2 Å². The molecule has 0 aromatic heterocycles. The van der Waals surface area contributed by atoms with Crippen LogP contribution in [0, 0.1) is 0 Å². The van der Waals surface area contributed by atoms with E-state index in [0.717, 1.165) is 12.1 Å². The lowest BCUT2D eigenvalue weighted by Crippen LogP contribution is -1.97. The number of benzene rings is 1. The fraction of sp³-hybridized carbons (Fsp3) is 0. The molecule has 6 nitrogen and oxygen atoms in total. The van der Waals surface area contributed by atoms with Gasteiger partial charge in [-0.3, -0.25) is 9.79 Å². The van der Waals surface area contributed by atoms with E-state index in [4.69, 9.17) is 20.5 Å². The number of hydrogen-bond acceptors (Lipinski definition) is 4. The van der Waals surface area contributed by atoms with Crippen molar-refractivity contribution in [3.63, 3.8) is 0 Å². The fourth-order valence-corrected chi connectivity index (χ4v) is 2.31. The van der Waals surface area contributed by atoms with Gasteiger partial charge < -0.3 is 4.52 Å². The topological polar surface area (TPSA) is 101 Å². The molecule has 0 bridgehead atoms. The van der Waals surface area contributed by atoms with Gasteiger partial charge in [-0.05, 0) is 12.1 Å². The molecule has 84 valence electrons. The molecule has 2 N–H and O–H groups in total. The van der Waals surface area contributed by atoms with E-state index in [0.29, 0.717) is 0 Å². The van der Waals surface area contributed by atoms with Crippen molar-refractivity contribution < 1.29 is 27.3 Å². The summed E-state index contributed by atoms with van der Waals surface area (Å²) in [6.07, 6.45) is 0. The van der Waals surface area contributed by atoms with Crippen molar-refractivity contribution in [2.24, 2.45) is 0 Å². The van der Waals surface area contributed by atoms with Crippen LogP contribution in [0.2, 0.25) is 0 Å². The fourth-order valence-electron chi connectivity index (χ4n) is 0.855. The van der Waals surface area contributed by atoms with Crippen LogP contribution in [-0.2, 0) is 13.6 Å². The first-order chi connectivity index (χ1) is 6.70. The maximum absolute atomic E-state index is 11.0. The predicted octanol–water partition coefficient (Wildman–Crippen LogP) is 1.09. The highest BCUT2D eigenvalue weighted by Crippen LogP contribution is 2.40. The van der Waals surface area contributed by atoms with E-state index in [-0.39, 0.29) is 0 Å². The Kier molecular flexibility index (Phi) is 3.42. The minimum atomic E-state index is -4.81. The van der Waals surface area contributed by atoms with Crippen molar-refractivity contribution in [2.45, 2.75) is 4.90 Å². The molecule has 0 aliphatic rings. The number of phosphoric ester groups is 1. The molecule has 0 atom stereocenters. The van der Waals surface area contributed by atoms with Crippen LogP contribution in [0.25, 0.3) is 0 Å². The molecule has 0 unspecified atom stereocenters. The number of hydrogen-bond donors (Lipinski definition) is 2. The molecule has 0 saturated heterocycles. The number of para-hydroxylation sites is 1. The van der Waals surface area contributed by atoms with Crippen molar-refractivity contribution in [2.75, 3.05) is 0 Å². The zero-order valence-corrected chi connectivity index (χ0v) is 9.54. The summed E-state index contributed by atoms with van der Waals surface area (Å²) in [6, 6.07) is 4.88. The van der Waals surface area contributed by atoms with Gasteiger partial charge in [-0.2, -0.15) is 0 Å². The lowest BCUT2D eigenvalue weighted by Gasteiger charge is -2.09. The van der Waals surface area contributed by atoms with E-state index in [1.807, 2.05) is 0 Å². The minimum Gasteiger partial charge on any atom is -0.403 e. The highest BCUT2D eigenvalue weighted by molar-refractivity contribution is 8.13. The summed E-state index contributed by atoms with van der Waals surface area (Å²) in [4.78, 5) is 16.5. The summed E-state index contributed by atoms with van der Waals surface area (Å²) in [5, 5.41) is 0. The van der Waals surface area contributed by atoms with Gasteiger partial charge in [-0.15, -0.1) is 0 Å². The van der Waals surface area contributed by atoms with Gasteiger partial charge in [0.15, 0.2) is 5.75 Å². The molecule has 9 heteroatoms. The number of phosphoric acid groups is 1. The second-order valence-corrected chi connectivity index (χ2v) is 6.16. The second-order valence-electron chi connectivity index (χ2n) is 2.47. The zero-order valence-electron chi connectivity index (χ0n) is 7.07. The van der Waals surface area contributed by atoms with Crippen molar-refractivity contribution in [3.8, 4) is 5.75 Å². The molecule has 0 saturated carbocycles. The van der Waals surface area contributed by atoms with Crippen molar-refractivity contribution in [1.29, 1.82) is 0 Å². The first-order valence-electron chi connectivity index (χ1n) is 3.49. The normalized spacial score (nSPS) is 12.5. The highest BCUT2D eigenvalue weighted by atomic mass is 35.7. The Morgan fingerprint density at radius 2 is 1.80 bits per heavy atom. The van der Waals surface area contributed by atoms with Crippen molar-refractivity contribution in [3.05, 3.63) is 24.3 Å². The Morgan fingerprint density at radius 1 is 1.27 bits per heavy atom. The van der Waals surface area contributed by atoms with Gasteiger partial charge in [-0.1, -0.05) is 12.1 Å². The largest absolute Gasteiger partial charge is 0.524 e. The third kappa shape index (κ3) is 3.81. The molecule has 1 rings (SSSR count). The quantitative estimate of drug-likeness (QED) is 0.631. The Hall–Kier alpha value is -0.590. The maximum atomic E-state index is 11.0. The van der Waals surface area contributed by atoms with E-state index in [2.05, 4.69) is 4.52 Å². The van der Waals surface area contributed by atoms with Gasteiger partial charge >= 0.3 is 7.82 Å². The molecule has 0 aliphatic carbocycles. The zero-order chi connectivity index (χ0) is 11.7. The Morgan fingerprint density at radius 3 is 2.27 bits per heavy atom. The van der Waals surface area contributed by atoms with Crippen LogP contribution in [0.3, 0.4) is 0 Å². The molecule has 0 spiro atoms. The first-order valence-corrected chi connectivity index (χ1v) is 7.33. The molecule has 0 aliphatic heterocycles. The minimum absolute atomic E-state index is 0.485. The van der Waals surface area contributed by atoms with Gasteiger partial charge in [0.05, 0.1) is 0 Å². The SMILES string of the molecule is O=P(O)(O)Oc1ccccc1S(=O)(=O)Cl. The highest BCUT2D eigenvalue weighted by Gasteiger charge is 2.22. The number of halogens is 1. The maximum Gasteiger partial charge on any atom is 0.524 e. The Labute approximate surface area is 90.1 Å². The summed E-state index contributed by atoms with van der Waals surface area (Å²) < 4.78 is 36.6. The van der Waals surface area contributed by atoms with E-state index in [1.54, 1.807) is 0 Å². The summed E-state index contributed by atoms with van der Waals surface area (Å²) in [6.45, 7) is 0. The average Bonchev–Trinajstić information content (AvgIpc) is 1.99. The van der Waals surface area contributed by atoms with Crippen LogP contribution >= 0.6 is 18.5 Å². The monoisotopic (exact) mass is 272 g/mol. The van der Waals surface area contributed by atoms with Crippen LogP contribution in [0.15, 0.2) is 29.2 Å². The first kappa shape index (κ1) is 12.5. The van der Waals surface area contributed by atoms with Crippen LogP contribution in [0.1, 0.15) is 0 Å². The molecule has 0 heterocycles. The molecule has 15 heavy (non-hydrogen) atoms. The third-order valence-electron chi connectivity index (χ3n) is 1.33. The lowest BCUT2D eigenvalue weighted by atomic mass is 10.3. The summed E-state index contributed by atoms with van der Waals surface area (Å²) in [5.74, 6) is -0.485. The summed E-state index contributed by atoms with van der Waals surface area (Å²) in [5.41, 5.74) is 0. The van der Waals surface area contributed by atoms with E-state index >= 15 is 0 Å². The van der Waals surface area contributed by atoms with Crippen LogP contribution in [0.4, 0.5) is 0 Å². The van der Waals surface area contributed by atoms with Crippen LogP contribution < -0.4 is 4.52 Å². The lowest BCUT2D eigenvalue weighted by molar-refractivity contribution is 0.281. The van der Waals surface area contributed by atoms with Gasteiger partial charge in [0.2, 0.25) is 0 Å². The summed E-state index contributed by atoms with van der Waals surface area (Å²) in [7, 11) is -3.88. The van der Waals surface area contributed by atoms with Gasteiger partial charge in [0, 0.05) is 10.7 Å². The Bertz CT molecular complexity index is 506. The smallest absolute Gasteiger partial charge is 0.403 e. The molecular weight excluding hydrogens is 267 g/mol. The summed E-state index contributed by atoms with van der Waals surface area (Å²) >= 11 is 0. The van der Waals surface area contributed by atoms with Crippen LogP contribution in [0.5, 0.6) is 5.75 Å². The molecule has 1 aromatic carbocycles. The molecule has 0 fully saturated rings. The molecule has 0 amide bonds. The molecule has 1 aromatic rings. The van der Waals surface area contributed by atoms with Gasteiger partial charge in [0.1, 0.15) is 4.90 Å². The second kappa shape index (κ2) is 4.11. The van der Waals surface area contributed by atoms with Crippen molar-refractivity contribution in [1.82, 2.24) is 0 Å². The molecule has 0 radical (unpaired) electrons. The standard InChI is InChI=1S/C6H6ClO6PS/c7-15(11,12)6-4-2-1-3-5(6)13-14(8,9)10/h1-4H,(H2,8,9,10). The van der Waals surface area contributed by atoms with Crippen molar-refractivity contribution >= 4 is 27.6 Å². The van der Waals surface area contributed by atoms with Gasteiger partial charge in [0.25, 0.3) is 9.05 Å². The Balaban J connectivity index is 3.26. The predicted molar refractivity (Wildman–Crippen MR) is 52.2 cm³/mol. The average molecular weight is 273 g/mol. The number of rotatable bonds is 3. The molecular formula is C6H6ClO6PS.